The van der Waals surface area contributed by atoms with Crippen LogP contribution in [0.1, 0.15) is 51.3 Å². The summed E-state index contributed by atoms with van der Waals surface area (Å²) in [7, 11) is 4.16. The molecular formula is C21H30NS+. The number of anilines is 1. The van der Waals surface area contributed by atoms with Gasteiger partial charge in [0, 0.05) is 42.7 Å². The molecule has 1 aromatic heterocycles. The Bertz CT molecular complexity index is 638. The molecule has 0 saturated carbocycles. The van der Waals surface area contributed by atoms with E-state index in [0.29, 0.717) is 0 Å². The minimum absolute atomic E-state index is 0.171. The molecule has 1 heterocycles. The number of hydrogen-bond donors (Lipinski definition) is 0. The van der Waals surface area contributed by atoms with Crippen LogP contribution < -0.4 is 4.90 Å². The third-order valence-electron chi connectivity index (χ3n) is 3.99. The van der Waals surface area contributed by atoms with Crippen molar-refractivity contribution in [1.82, 2.24) is 0 Å². The van der Waals surface area contributed by atoms with E-state index in [-0.39, 0.29) is 10.8 Å². The highest BCUT2D eigenvalue weighted by molar-refractivity contribution is 7.12. The van der Waals surface area contributed by atoms with Crippen molar-refractivity contribution in [2.45, 2.75) is 52.4 Å². The van der Waals surface area contributed by atoms with Crippen LogP contribution in [0.15, 0.2) is 36.4 Å². The molecule has 124 valence electrons. The minimum atomic E-state index is 0.171. The second-order valence-corrected chi connectivity index (χ2v) is 9.60. The molecule has 0 atom stereocenters. The first-order valence-corrected chi connectivity index (χ1v) is 9.07. The maximum atomic E-state index is 2.37. The molecule has 0 N–H and O–H groups in total. The average molecular weight is 329 g/mol. The number of rotatable bonds is 2. The normalized spacial score (nSPS) is 12.3. The average Bonchev–Trinajstić information content (AvgIpc) is 2.45. The maximum Gasteiger partial charge on any atom is 0.219 e. The highest BCUT2D eigenvalue weighted by Crippen LogP contribution is 2.38. The molecule has 0 fully saturated rings. The zero-order valence-electron chi connectivity index (χ0n) is 15.8. The fraction of sp³-hybridized carbons (Fsp3) is 0.476. The molecule has 1 aromatic carbocycles. The highest BCUT2D eigenvalue weighted by Gasteiger charge is 2.32. The molecule has 23 heavy (non-hydrogen) atoms. The van der Waals surface area contributed by atoms with Gasteiger partial charge >= 0.3 is 0 Å². The Morgan fingerprint density at radius 2 is 1.13 bits per heavy atom. The molecule has 0 amide bonds. The van der Waals surface area contributed by atoms with Crippen molar-refractivity contribution in [2.75, 3.05) is 19.0 Å². The molecule has 0 bridgehead atoms. The second kappa shape index (κ2) is 6.24. The largest absolute Gasteiger partial charge is 0.378 e. The van der Waals surface area contributed by atoms with Gasteiger partial charge in [-0.3, -0.25) is 0 Å². The predicted octanol–water partition coefficient (Wildman–Crippen LogP) is 6.36. The molecule has 1 nitrogen and oxygen atoms in total. The van der Waals surface area contributed by atoms with Crippen molar-refractivity contribution in [3.05, 3.63) is 46.2 Å². The SMILES string of the molecule is CN(C)c1ccc(-c2cc(C(C)(C)C)[s+]c(C(C)(C)C)c2)cc1. The summed E-state index contributed by atoms with van der Waals surface area (Å²) in [6.07, 6.45) is 0. The Morgan fingerprint density at radius 3 is 1.48 bits per heavy atom. The molecule has 2 rings (SSSR count). The van der Waals surface area contributed by atoms with Crippen LogP contribution in [0.3, 0.4) is 0 Å². The molecule has 0 aliphatic carbocycles. The van der Waals surface area contributed by atoms with Gasteiger partial charge in [-0.15, -0.1) is 0 Å². The number of hydrogen-bond acceptors (Lipinski definition) is 1. The summed E-state index contributed by atoms with van der Waals surface area (Å²) >= 11 is 1.94. The Balaban J connectivity index is 2.57. The molecular weight excluding hydrogens is 298 g/mol. The quantitative estimate of drug-likeness (QED) is 0.580. The van der Waals surface area contributed by atoms with E-state index in [1.807, 2.05) is 11.3 Å². The van der Waals surface area contributed by atoms with Crippen LogP contribution >= 0.6 is 11.3 Å². The van der Waals surface area contributed by atoms with E-state index in [2.05, 4.69) is 96.9 Å². The fourth-order valence-corrected chi connectivity index (χ4v) is 3.58. The molecule has 2 heteroatoms. The van der Waals surface area contributed by atoms with Gasteiger partial charge in [0.2, 0.25) is 21.1 Å². The van der Waals surface area contributed by atoms with Crippen LogP contribution in [0.5, 0.6) is 0 Å². The van der Waals surface area contributed by atoms with Crippen LogP contribution in [-0.4, -0.2) is 14.1 Å². The van der Waals surface area contributed by atoms with E-state index in [1.54, 1.807) is 0 Å². The zero-order valence-corrected chi connectivity index (χ0v) is 16.6. The van der Waals surface area contributed by atoms with E-state index < -0.39 is 0 Å². The van der Waals surface area contributed by atoms with E-state index in [4.69, 9.17) is 0 Å². The van der Waals surface area contributed by atoms with Crippen molar-refractivity contribution >= 4 is 17.0 Å². The van der Waals surface area contributed by atoms with Crippen molar-refractivity contribution in [2.24, 2.45) is 0 Å². The molecule has 0 spiro atoms. The van der Waals surface area contributed by atoms with Gasteiger partial charge < -0.3 is 4.90 Å². The van der Waals surface area contributed by atoms with Gasteiger partial charge in [0.15, 0.2) is 0 Å². The van der Waals surface area contributed by atoms with Crippen LogP contribution in [0, 0.1) is 0 Å². The number of benzene rings is 1. The summed E-state index contributed by atoms with van der Waals surface area (Å²) in [6.45, 7) is 13.8. The first-order valence-electron chi connectivity index (χ1n) is 8.25. The Kier molecular flexibility index (Phi) is 4.86. The first-order chi connectivity index (χ1) is 10.5. The van der Waals surface area contributed by atoms with Crippen molar-refractivity contribution < 1.29 is 0 Å². The second-order valence-electron chi connectivity index (χ2n) is 8.52. The standard InChI is InChI=1S/C21H30NS/c1-20(2,3)18-13-16(14-19(23-18)21(4,5)6)15-9-11-17(12-10-15)22(7)8/h9-14H,1-8H3/q+1. The first kappa shape index (κ1) is 17.9. The van der Waals surface area contributed by atoms with Gasteiger partial charge in [0.25, 0.3) is 0 Å². The van der Waals surface area contributed by atoms with Crippen LogP contribution in [0.2, 0.25) is 0 Å². The monoisotopic (exact) mass is 328 g/mol. The zero-order chi connectivity index (χ0) is 17.4. The minimum Gasteiger partial charge on any atom is -0.378 e. The van der Waals surface area contributed by atoms with Crippen LogP contribution in [0.25, 0.3) is 11.1 Å². The Hall–Kier alpha value is -1.41. The lowest BCUT2D eigenvalue weighted by molar-refractivity contribution is 0.593. The topological polar surface area (TPSA) is 3.24 Å². The summed E-state index contributed by atoms with van der Waals surface area (Å²) in [4.78, 5) is 5.02. The molecule has 0 unspecified atom stereocenters. The lowest BCUT2D eigenvalue weighted by Gasteiger charge is -2.17. The smallest absolute Gasteiger partial charge is 0.219 e. The van der Waals surface area contributed by atoms with Crippen molar-refractivity contribution in [3.63, 3.8) is 0 Å². The molecule has 0 radical (unpaired) electrons. The van der Waals surface area contributed by atoms with Crippen LogP contribution in [-0.2, 0) is 10.8 Å². The Morgan fingerprint density at radius 1 is 0.696 bits per heavy atom. The molecule has 0 aliphatic rings. The lowest BCUT2D eigenvalue weighted by atomic mass is 9.90. The molecule has 2 aromatic rings. The van der Waals surface area contributed by atoms with Crippen molar-refractivity contribution in [1.29, 1.82) is 0 Å². The molecule has 0 saturated heterocycles. The van der Waals surface area contributed by atoms with Crippen LogP contribution in [0.4, 0.5) is 5.69 Å². The summed E-state index contributed by atoms with van der Waals surface area (Å²) < 4.78 is 0. The number of nitrogens with zero attached hydrogens (tertiary/aromatic N) is 1. The Labute approximate surface area is 146 Å². The third kappa shape index (κ3) is 4.32. The lowest BCUT2D eigenvalue weighted by Crippen LogP contribution is -2.14. The predicted molar refractivity (Wildman–Crippen MR) is 106 cm³/mol. The third-order valence-corrected chi connectivity index (χ3v) is 5.89. The summed E-state index contributed by atoms with van der Waals surface area (Å²) in [5, 5.41) is 0. The fourth-order valence-electron chi connectivity index (χ4n) is 2.36. The van der Waals surface area contributed by atoms with Gasteiger partial charge in [0.05, 0.1) is 0 Å². The summed E-state index contributed by atoms with van der Waals surface area (Å²) in [5.41, 5.74) is 4.19. The van der Waals surface area contributed by atoms with Gasteiger partial charge in [-0.25, -0.2) is 0 Å². The van der Waals surface area contributed by atoms with E-state index in [1.165, 1.54) is 26.6 Å². The van der Waals surface area contributed by atoms with E-state index in [9.17, 15) is 0 Å². The van der Waals surface area contributed by atoms with Gasteiger partial charge in [-0.2, -0.15) is 0 Å². The van der Waals surface area contributed by atoms with E-state index in [0.717, 1.165) is 0 Å². The van der Waals surface area contributed by atoms with Gasteiger partial charge in [-0.05, 0) is 23.3 Å². The summed E-state index contributed by atoms with van der Waals surface area (Å²) in [6, 6.07) is 13.6. The van der Waals surface area contributed by atoms with Gasteiger partial charge in [0.1, 0.15) is 0 Å². The molecule has 0 aliphatic heterocycles. The summed E-state index contributed by atoms with van der Waals surface area (Å²) in [5.74, 6) is 0. The van der Waals surface area contributed by atoms with Gasteiger partial charge in [-0.1, -0.05) is 53.7 Å². The maximum absolute atomic E-state index is 2.37. The highest BCUT2D eigenvalue weighted by atomic mass is 32.1. The van der Waals surface area contributed by atoms with Crippen molar-refractivity contribution in [3.8, 4) is 11.1 Å². The van der Waals surface area contributed by atoms with E-state index >= 15 is 0 Å².